The van der Waals surface area contributed by atoms with Gasteiger partial charge in [0.25, 0.3) is 5.91 Å². The van der Waals surface area contributed by atoms with Crippen molar-refractivity contribution in [3.63, 3.8) is 0 Å². The normalized spacial score (nSPS) is 10.6. The Morgan fingerprint density at radius 2 is 2.42 bits per heavy atom. The van der Waals surface area contributed by atoms with Crippen LogP contribution in [0, 0.1) is 0 Å². The Kier molecular flexibility index (Phi) is 4.26. The first-order valence-electron chi connectivity index (χ1n) is 5.96. The third-order valence-electron chi connectivity index (χ3n) is 2.91. The lowest BCUT2D eigenvalue weighted by Gasteiger charge is -2.05. The average Bonchev–Trinajstić information content (AvgIpc) is 2.94. The van der Waals surface area contributed by atoms with Crippen LogP contribution in [0.1, 0.15) is 22.6 Å². The quantitative estimate of drug-likeness (QED) is 0.727. The van der Waals surface area contributed by atoms with Crippen molar-refractivity contribution in [1.82, 2.24) is 19.9 Å². The van der Waals surface area contributed by atoms with Gasteiger partial charge in [0.2, 0.25) is 0 Å². The Bertz CT molecular complexity index is 574. The first-order chi connectivity index (χ1) is 9.08. The van der Waals surface area contributed by atoms with E-state index in [2.05, 4.69) is 31.2 Å². The number of carbonyl (C=O) groups is 1. The maximum atomic E-state index is 11.7. The highest BCUT2D eigenvalue weighted by molar-refractivity contribution is 9.10. The van der Waals surface area contributed by atoms with Crippen LogP contribution in [-0.2, 0) is 13.5 Å². The number of aromatic nitrogens is 3. The van der Waals surface area contributed by atoms with Gasteiger partial charge in [0, 0.05) is 30.0 Å². The molecular formula is C12H16BrN5O. The Morgan fingerprint density at radius 3 is 3.00 bits per heavy atom. The molecular weight excluding hydrogens is 310 g/mol. The number of anilines is 1. The van der Waals surface area contributed by atoms with E-state index in [1.54, 1.807) is 18.5 Å². The smallest absolute Gasteiger partial charge is 0.267 e. The van der Waals surface area contributed by atoms with Crippen molar-refractivity contribution in [2.75, 3.05) is 12.3 Å². The number of rotatable bonds is 5. The SMILES string of the molecule is Cn1c(CCCNC(=O)c2cc(Br)c[nH]2)cnc1N. The van der Waals surface area contributed by atoms with Crippen molar-refractivity contribution in [3.05, 3.63) is 34.3 Å². The predicted molar refractivity (Wildman–Crippen MR) is 76.8 cm³/mol. The molecule has 0 unspecified atom stereocenters. The number of hydrogen-bond donors (Lipinski definition) is 3. The van der Waals surface area contributed by atoms with Crippen molar-refractivity contribution >= 4 is 27.8 Å². The number of amides is 1. The molecule has 0 atom stereocenters. The van der Waals surface area contributed by atoms with Crippen molar-refractivity contribution in [1.29, 1.82) is 0 Å². The van der Waals surface area contributed by atoms with Crippen LogP contribution in [0.4, 0.5) is 5.95 Å². The second-order valence-corrected chi connectivity index (χ2v) is 5.17. The molecule has 102 valence electrons. The predicted octanol–water partition coefficient (Wildman–Crippen LogP) is 1.46. The second kappa shape index (κ2) is 5.92. The van der Waals surface area contributed by atoms with Gasteiger partial charge in [-0.2, -0.15) is 0 Å². The minimum absolute atomic E-state index is 0.102. The zero-order chi connectivity index (χ0) is 13.8. The van der Waals surface area contributed by atoms with Gasteiger partial charge in [-0.15, -0.1) is 0 Å². The molecule has 0 saturated heterocycles. The number of carbonyl (C=O) groups excluding carboxylic acids is 1. The number of nitrogens with zero attached hydrogens (tertiary/aromatic N) is 2. The third-order valence-corrected chi connectivity index (χ3v) is 3.37. The van der Waals surface area contributed by atoms with E-state index in [4.69, 9.17) is 5.73 Å². The third kappa shape index (κ3) is 3.37. The highest BCUT2D eigenvalue weighted by atomic mass is 79.9. The summed E-state index contributed by atoms with van der Waals surface area (Å²) in [6, 6.07) is 1.75. The minimum Gasteiger partial charge on any atom is -0.369 e. The molecule has 2 aromatic rings. The fourth-order valence-electron chi connectivity index (χ4n) is 1.76. The summed E-state index contributed by atoms with van der Waals surface area (Å²) in [4.78, 5) is 18.6. The van der Waals surface area contributed by atoms with Crippen molar-refractivity contribution in [2.45, 2.75) is 12.8 Å². The molecule has 0 spiro atoms. The maximum absolute atomic E-state index is 11.7. The zero-order valence-electron chi connectivity index (χ0n) is 10.6. The molecule has 1 amide bonds. The van der Waals surface area contributed by atoms with Gasteiger partial charge in [0.05, 0.1) is 6.20 Å². The van der Waals surface area contributed by atoms with Gasteiger partial charge in [-0.05, 0) is 34.8 Å². The van der Waals surface area contributed by atoms with E-state index >= 15 is 0 Å². The standard InChI is InChI=1S/C12H16BrN5O/c1-18-9(7-17-12(18)14)3-2-4-15-11(19)10-5-8(13)6-16-10/h5-7,16H,2-4H2,1H3,(H2,14,17)(H,15,19). The summed E-state index contributed by atoms with van der Waals surface area (Å²) in [6.45, 7) is 0.612. The zero-order valence-corrected chi connectivity index (χ0v) is 12.2. The summed E-state index contributed by atoms with van der Waals surface area (Å²) < 4.78 is 2.71. The first kappa shape index (κ1) is 13.7. The van der Waals surface area contributed by atoms with E-state index in [1.165, 1.54) is 0 Å². The van der Waals surface area contributed by atoms with Gasteiger partial charge < -0.3 is 20.6 Å². The van der Waals surface area contributed by atoms with E-state index in [9.17, 15) is 4.79 Å². The summed E-state index contributed by atoms with van der Waals surface area (Å²) in [7, 11) is 1.88. The molecule has 0 aliphatic rings. The summed E-state index contributed by atoms with van der Waals surface area (Å²) in [6.07, 6.45) is 5.16. The number of H-pyrrole nitrogens is 1. The van der Waals surface area contributed by atoms with Gasteiger partial charge >= 0.3 is 0 Å². The topological polar surface area (TPSA) is 88.7 Å². The fourth-order valence-corrected chi connectivity index (χ4v) is 2.10. The number of nitrogens with one attached hydrogen (secondary N) is 2. The summed E-state index contributed by atoms with van der Waals surface area (Å²) in [5, 5.41) is 2.86. The van der Waals surface area contributed by atoms with Crippen LogP contribution in [-0.4, -0.2) is 27.0 Å². The van der Waals surface area contributed by atoms with E-state index < -0.39 is 0 Å². The Morgan fingerprint density at radius 1 is 1.63 bits per heavy atom. The largest absolute Gasteiger partial charge is 0.369 e. The van der Waals surface area contributed by atoms with Gasteiger partial charge in [-0.25, -0.2) is 4.98 Å². The second-order valence-electron chi connectivity index (χ2n) is 4.26. The van der Waals surface area contributed by atoms with Crippen molar-refractivity contribution in [3.8, 4) is 0 Å². The Hall–Kier alpha value is -1.76. The van der Waals surface area contributed by atoms with Crippen LogP contribution in [0.25, 0.3) is 0 Å². The molecule has 0 fully saturated rings. The number of nitrogen functional groups attached to an aromatic ring is 1. The molecule has 0 bridgehead atoms. The fraction of sp³-hybridized carbons (Fsp3) is 0.333. The van der Waals surface area contributed by atoms with Crippen LogP contribution < -0.4 is 11.1 Å². The van der Waals surface area contributed by atoms with E-state index in [0.717, 1.165) is 23.0 Å². The van der Waals surface area contributed by atoms with E-state index in [1.807, 2.05) is 11.6 Å². The number of hydrogen-bond acceptors (Lipinski definition) is 3. The van der Waals surface area contributed by atoms with Gasteiger partial charge in [-0.3, -0.25) is 4.79 Å². The molecule has 0 saturated carbocycles. The van der Waals surface area contributed by atoms with Gasteiger partial charge in [0.15, 0.2) is 5.95 Å². The monoisotopic (exact) mass is 325 g/mol. The minimum atomic E-state index is -0.102. The van der Waals surface area contributed by atoms with Gasteiger partial charge in [0.1, 0.15) is 5.69 Å². The van der Waals surface area contributed by atoms with Crippen LogP contribution >= 0.6 is 15.9 Å². The summed E-state index contributed by atoms with van der Waals surface area (Å²) in [5.41, 5.74) is 7.26. The highest BCUT2D eigenvalue weighted by Gasteiger charge is 2.07. The molecule has 0 radical (unpaired) electrons. The van der Waals surface area contributed by atoms with Gasteiger partial charge in [-0.1, -0.05) is 0 Å². The molecule has 7 heteroatoms. The molecule has 2 rings (SSSR count). The molecule has 0 aliphatic carbocycles. The lowest BCUT2D eigenvalue weighted by atomic mass is 10.2. The number of imidazole rings is 1. The summed E-state index contributed by atoms with van der Waals surface area (Å²) in [5.74, 6) is 0.408. The summed E-state index contributed by atoms with van der Waals surface area (Å²) >= 11 is 3.29. The van der Waals surface area contributed by atoms with Crippen LogP contribution in [0.15, 0.2) is 22.9 Å². The Balaban J connectivity index is 1.75. The molecule has 2 heterocycles. The number of nitrogens with two attached hydrogens (primary N) is 1. The lowest BCUT2D eigenvalue weighted by molar-refractivity contribution is 0.0949. The molecule has 6 nitrogen and oxygen atoms in total. The van der Waals surface area contributed by atoms with Crippen molar-refractivity contribution < 1.29 is 4.79 Å². The van der Waals surface area contributed by atoms with Crippen LogP contribution in [0.2, 0.25) is 0 Å². The van der Waals surface area contributed by atoms with E-state index in [0.29, 0.717) is 18.2 Å². The molecule has 19 heavy (non-hydrogen) atoms. The molecule has 4 N–H and O–H groups in total. The lowest BCUT2D eigenvalue weighted by Crippen LogP contribution is -2.25. The van der Waals surface area contributed by atoms with Crippen LogP contribution in [0.3, 0.4) is 0 Å². The maximum Gasteiger partial charge on any atom is 0.267 e. The Labute approximate surface area is 119 Å². The molecule has 0 aromatic carbocycles. The van der Waals surface area contributed by atoms with E-state index in [-0.39, 0.29) is 5.91 Å². The first-order valence-corrected chi connectivity index (χ1v) is 6.75. The molecule has 0 aliphatic heterocycles. The van der Waals surface area contributed by atoms with Crippen LogP contribution in [0.5, 0.6) is 0 Å². The number of halogens is 1. The number of aryl methyl sites for hydroxylation is 1. The number of aromatic amines is 1. The molecule has 2 aromatic heterocycles. The van der Waals surface area contributed by atoms with Crippen molar-refractivity contribution in [2.24, 2.45) is 7.05 Å². The average molecular weight is 326 g/mol. The highest BCUT2D eigenvalue weighted by Crippen LogP contribution is 2.10.